The zero-order valence-electron chi connectivity index (χ0n) is 9.92. The lowest BCUT2D eigenvalue weighted by Gasteiger charge is -2.19. The van der Waals surface area contributed by atoms with Crippen molar-refractivity contribution in [1.82, 2.24) is 4.31 Å². The number of nitrogens with zero attached hydrogens (tertiary/aromatic N) is 1. The molecule has 0 bridgehead atoms. The highest BCUT2D eigenvalue weighted by Gasteiger charge is 2.26. The van der Waals surface area contributed by atoms with E-state index in [4.69, 9.17) is 9.84 Å². The molecule has 16 heavy (non-hydrogen) atoms. The first-order valence-corrected chi connectivity index (χ1v) is 7.26. The first kappa shape index (κ1) is 13.9. The highest BCUT2D eigenvalue weighted by Crippen LogP contribution is 2.15. The van der Waals surface area contributed by atoms with Crippen LogP contribution in [0.3, 0.4) is 0 Å². The van der Waals surface area contributed by atoms with Gasteiger partial charge in [-0.15, -0.1) is 0 Å². The lowest BCUT2D eigenvalue weighted by molar-refractivity contribution is 0.126. The second-order valence-electron chi connectivity index (χ2n) is 4.37. The molecule has 1 saturated heterocycles. The number of hydrogen-bond donors (Lipinski definition) is 1. The summed E-state index contributed by atoms with van der Waals surface area (Å²) in [6, 6.07) is 0. The fourth-order valence-electron chi connectivity index (χ4n) is 1.65. The first-order chi connectivity index (χ1) is 7.42. The Balaban J connectivity index is 2.42. The van der Waals surface area contributed by atoms with Crippen molar-refractivity contribution >= 4 is 10.0 Å². The van der Waals surface area contributed by atoms with Gasteiger partial charge in [-0.05, 0) is 26.2 Å². The van der Waals surface area contributed by atoms with Gasteiger partial charge >= 0.3 is 0 Å². The van der Waals surface area contributed by atoms with Gasteiger partial charge in [0.15, 0.2) is 0 Å². The predicted octanol–water partition coefficient (Wildman–Crippen LogP) is 0.198. The Morgan fingerprint density at radius 3 is 2.75 bits per heavy atom. The molecule has 1 N–H and O–H groups in total. The van der Waals surface area contributed by atoms with Crippen LogP contribution in [0, 0.1) is 0 Å². The monoisotopic (exact) mass is 251 g/mol. The molecule has 1 heterocycles. The third-order valence-corrected chi connectivity index (χ3v) is 4.68. The third-order valence-electron chi connectivity index (χ3n) is 2.76. The highest BCUT2D eigenvalue weighted by atomic mass is 32.2. The van der Waals surface area contributed by atoms with Crippen LogP contribution in [-0.2, 0) is 14.8 Å². The second-order valence-corrected chi connectivity index (χ2v) is 6.49. The summed E-state index contributed by atoms with van der Waals surface area (Å²) in [5.41, 5.74) is 0. The van der Waals surface area contributed by atoms with Gasteiger partial charge in [0.1, 0.15) is 0 Å². The van der Waals surface area contributed by atoms with Crippen molar-refractivity contribution in [2.75, 3.05) is 26.0 Å². The van der Waals surface area contributed by atoms with Crippen molar-refractivity contribution in [2.45, 2.75) is 38.4 Å². The van der Waals surface area contributed by atoms with Crippen molar-refractivity contribution in [3.8, 4) is 0 Å². The average Bonchev–Trinajstić information content (AvgIpc) is 2.65. The van der Waals surface area contributed by atoms with Crippen LogP contribution in [0.1, 0.15) is 26.2 Å². The van der Waals surface area contributed by atoms with Crippen LogP contribution in [0.4, 0.5) is 0 Å². The molecule has 1 aliphatic heterocycles. The van der Waals surface area contributed by atoms with E-state index in [1.54, 1.807) is 14.0 Å². The van der Waals surface area contributed by atoms with E-state index in [1.165, 1.54) is 4.31 Å². The molecular weight excluding hydrogens is 230 g/mol. The molecule has 0 radical (unpaired) electrons. The number of ether oxygens (including phenoxy) is 1. The maximum atomic E-state index is 11.9. The van der Waals surface area contributed by atoms with Crippen LogP contribution in [0.15, 0.2) is 0 Å². The smallest absolute Gasteiger partial charge is 0.216 e. The molecule has 2 unspecified atom stereocenters. The van der Waals surface area contributed by atoms with Gasteiger partial charge in [-0.3, -0.25) is 0 Å². The molecule has 1 aliphatic rings. The molecular formula is C10H21NO4S. The maximum absolute atomic E-state index is 11.9. The van der Waals surface area contributed by atoms with E-state index in [0.717, 1.165) is 12.8 Å². The summed E-state index contributed by atoms with van der Waals surface area (Å²) < 4.78 is 30.3. The zero-order valence-corrected chi connectivity index (χ0v) is 10.7. The molecule has 1 rings (SSSR count). The van der Waals surface area contributed by atoms with Crippen LogP contribution in [0.25, 0.3) is 0 Å². The molecule has 0 aromatic carbocycles. The molecule has 6 heteroatoms. The highest BCUT2D eigenvalue weighted by molar-refractivity contribution is 7.89. The van der Waals surface area contributed by atoms with Gasteiger partial charge < -0.3 is 9.84 Å². The van der Waals surface area contributed by atoms with E-state index in [0.29, 0.717) is 19.6 Å². The van der Waals surface area contributed by atoms with Crippen molar-refractivity contribution in [3.63, 3.8) is 0 Å². The summed E-state index contributed by atoms with van der Waals surface area (Å²) in [7, 11) is -1.69. The fraction of sp³-hybridized carbons (Fsp3) is 1.00. The minimum absolute atomic E-state index is 0.0588. The Morgan fingerprint density at radius 2 is 2.25 bits per heavy atom. The van der Waals surface area contributed by atoms with Gasteiger partial charge in [-0.1, -0.05) is 0 Å². The zero-order chi connectivity index (χ0) is 12.2. The maximum Gasteiger partial charge on any atom is 0.216 e. The number of aliphatic hydroxyl groups excluding tert-OH is 1. The Kier molecular flexibility index (Phi) is 5.17. The molecule has 0 spiro atoms. The van der Waals surface area contributed by atoms with Crippen LogP contribution in [-0.4, -0.2) is 56.0 Å². The Hall–Kier alpha value is -0.170. The summed E-state index contributed by atoms with van der Waals surface area (Å²) in [5.74, 6) is 0.0588. The predicted molar refractivity (Wildman–Crippen MR) is 61.7 cm³/mol. The van der Waals surface area contributed by atoms with E-state index in [-0.39, 0.29) is 11.9 Å². The third kappa shape index (κ3) is 4.37. The minimum atomic E-state index is -3.24. The largest absolute Gasteiger partial charge is 0.393 e. The van der Waals surface area contributed by atoms with Crippen molar-refractivity contribution in [3.05, 3.63) is 0 Å². The van der Waals surface area contributed by atoms with E-state index < -0.39 is 16.1 Å². The van der Waals surface area contributed by atoms with Gasteiger partial charge in [0.2, 0.25) is 10.0 Å². The van der Waals surface area contributed by atoms with Gasteiger partial charge in [0.25, 0.3) is 0 Å². The summed E-state index contributed by atoms with van der Waals surface area (Å²) in [6.45, 7) is 2.67. The number of aliphatic hydroxyl groups is 1. The number of sulfonamides is 1. The molecule has 1 fully saturated rings. The van der Waals surface area contributed by atoms with Crippen LogP contribution in [0.2, 0.25) is 0 Å². The van der Waals surface area contributed by atoms with Crippen molar-refractivity contribution in [2.24, 2.45) is 0 Å². The van der Waals surface area contributed by atoms with E-state index in [1.807, 2.05) is 0 Å². The van der Waals surface area contributed by atoms with Gasteiger partial charge in [-0.2, -0.15) is 0 Å². The molecule has 5 nitrogen and oxygen atoms in total. The summed E-state index contributed by atoms with van der Waals surface area (Å²) in [6.07, 6.45) is 1.60. The Labute approximate surface area is 97.4 Å². The normalized spacial score (nSPS) is 23.9. The van der Waals surface area contributed by atoms with Crippen molar-refractivity contribution < 1.29 is 18.3 Å². The Bertz CT molecular complexity index is 296. The Morgan fingerprint density at radius 1 is 1.56 bits per heavy atom. The quantitative estimate of drug-likeness (QED) is 0.732. The number of hydrogen-bond acceptors (Lipinski definition) is 4. The van der Waals surface area contributed by atoms with E-state index >= 15 is 0 Å². The van der Waals surface area contributed by atoms with E-state index in [2.05, 4.69) is 0 Å². The van der Waals surface area contributed by atoms with Gasteiger partial charge in [-0.25, -0.2) is 12.7 Å². The lowest BCUT2D eigenvalue weighted by Crippen LogP contribution is -2.35. The molecule has 0 aromatic heterocycles. The van der Waals surface area contributed by atoms with Crippen LogP contribution in [0.5, 0.6) is 0 Å². The fourth-order valence-corrected chi connectivity index (χ4v) is 3.02. The summed E-state index contributed by atoms with van der Waals surface area (Å²) >= 11 is 0. The summed E-state index contributed by atoms with van der Waals surface area (Å²) in [5, 5.41) is 9.11. The van der Waals surface area contributed by atoms with Crippen molar-refractivity contribution in [1.29, 1.82) is 0 Å². The molecule has 96 valence electrons. The number of rotatable bonds is 6. The topological polar surface area (TPSA) is 66.8 Å². The van der Waals surface area contributed by atoms with Gasteiger partial charge in [0.05, 0.1) is 18.0 Å². The summed E-state index contributed by atoms with van der Waals surface area (Å²) in [4.78, 5) is 0. The van der Waals surface area contributed by atoms with E-state index in [9.17, 15) is 8.42 Å². The molecule has 0 aliphatic carbocycles. The standard InChI is InChI=1S/C10H21NO4S/c1-9(12)5-6-11(2)16(13,14)8-10-4-3-7-15-10/h9-10,12H,3-8H2,1-2H3. The average molecular weight is 251 g/mol. The van der Waals surface area contributed by atoms with Crippen LogP contribution >= 0.6 is 0 Å². The van der Waals surface area contributed by atoms with Gasteiger partial charge in [0, 0.05) is 20.2 Å². The second kappa shape index (κ2) is 5.95. The molecule has 0 amide bonds. The minimum Gasteiger partial charge on any atom is -0.393 e. The first-order valence-electron chi connectivity index (χ1n) is 5.65. The molecule has 0 saturated carbocycles. The van der Waals surface area contributed by atoms with Crippen LogP contribution < -0.4 is 0 Å². The molecule has 2 atom stereocenters. The SMILES string of the molecule is CC(O)CCN(C)S(=O)(=O)CC1CCCO1. The lowest BCUT2D eigenvalue weighted by atomic mass is 10.3. The molecule has 0 aromatic rings.